The zero-order chi connectivity index (χ0) is 16.2. The van der Waals surface area contributed by atoms with E-state index in [4.69, 9.17) is 9.47 Å². The summed E-state index contributed by atoms with van der Waals surface area (Å²) >= 11 is 0. The Labute approximate surface area is 141 Å². The number of rotatable bonds is 4. The van der Waals surface area contributed by atoms with Gasteiger partial charge < -0.3 is 9.47 Å². The molecular formula is C21H17NO2. The number of ether oxygens (including phenoxy) is 2. The molecule has 1 aliphatic rings. The van der Waals surface area contributed by atoms with E-state index >= 15 is 0 Å². The number of nitrogens with zero attached hydrogens (tertiary/aromatic N) is 1. The van der Waals surface area contributed by atoms with Crippen molar-refractivity contribution in [2.45, 2.75) is 6.42 Å². The predicted molar refractivity (Wildman–Crippen MR) is 95.5 cm³/mol. The SMILES string of the molecule is C(=Nc1ccccc1Cc1ccccc1)c1ccc2c(c1)OCO2. The van der Waals surface area contributed by atoms with Crippen LogP contribution in [0.25, 0.3) is 0 Å². The first-order valence-corrected chi connectivity index (χ1v) is 7.94. The van der Waals surface area contributed by atoms with Crippen LogP contribution in [0, 0.1) is 0 Å². The summed E-state index contributed by atoms with van der Waals surface area (Å²) in [5.74, 6) is 1.56. The third kappa shape index (κ3) is 3.15. The molecule has 0 radical (unpaired) electrons. The summed E-state index contributed by atoms with van der Waals surface area (Å²) in [6.07, 6.45) is 2.74. The van der Waals surface area contributed by atoms with Crippen molar-refractivity contribution in [3.8, 4) is 11.5 Å². The van der Waals surface area contributed by atoms with Crippen LogP contribution >= 0.6 is 0 Å². The van der Waals surface area contributed by atoms with Gasteiger partial charge in [-0.15, -0.1) is 0 Å². The summed E-state index contributed by atoms with van der Waals surface area (Å²) in [6.45, 7) is 0.288. The van der Waals surface area contributed by atoms with Gasteiger partial charge in [-0.1, -0.05) is 48.5 Å². The zero-order valence-corrected chi connectivity index (χ0v) is 13.2. The molecule has 0 saturated heterocycles. The van der Waals surface area contributed by atoms with Crippen molar-refractivity contribution in [1.82, 2.24) is 0 Å². The van der Waals surface area contributed by atoms with Crippen molar-refractivity contribution in [1.29, 1.82) is 0 Å². The Hall–Kier alpha value is -3.07. The number of aliphatic imine (C=N–C) groups is 1. The minimum atomic E-state index is 0.288. The number of benzene rings is 3. The highest BCUT2D eigenvalue weighted by Crippen LogP contribution is 2.32. The number of para-hydroxylation sites is 1. The zero-order valence-electron chi connectivity index (χ0n) is 13.2. The second-order valence-electron chi connectivity index (χ2n) is 5.66. The highest BCUT2D eigenvalue weighted by molar-refractivity contribution is 5.83. The Kier molecular flexibility index (Phi) is 3.98. The maximum absolute atomic E-state index is 5.41. The van der Waals surface area contributed by atoms with E-state index in [2.05, 4.69) is 41.4 Å². The number of fused-ring (bicyclic) bond motifs is 1. The van der Waals surface area contributed by atoms with Gasteiger partial charge in [0.25, 0.3) is 0 Å². The van der Waals surface area contributed by atoms with E-state index in [0.29, 0.717) is 0 Å². The van der Waals surface area contributed by atoms with Crippen LogP contribution in [0.15, 0.2) is 77.8 Å². The van der Waals surface area contributed by atoms with E-state index in [1.54, 1.807) is 0 Å². The monoisotopic (exact) mass is 315 g/mol. The second kappa shape index (κ2) is 6.59. The van der Waals surface area contributed by atoms with Crippen molar-refractivity contribution in [2.24, 2.45) is 4.99 Å². The summed E-state index contributed by atoms with van der Waals surface area (Å²) in [5.41, 5.74) is 4.47. The molecule has 4 rings (SSSR count). The van der Waals surface area contributed by atoms with E-state index in [-0.39, 0.29) is 6.79 Å². The van der Waals surface area contributed by atoms with Gasteiger partial charge in [0.05, 0.1) is 5.69 Å². The lowest BCUT2D eigenvalue weighted by Gasteiger charge is -2.06. The number of hydrogen-bond acceptors (Lipinski definition) is 3. The van der Waals surface area contributed by atoms with Gasteiger partial charge >= 0.3 is 0 Å². The second-order valence-corrected chi connectivity index (χ2v) is 5.66. The van der Waals surface area contributed by atoms with Crippen LogP contribution in [0.2, 0.25) is 0 Å². The minimum Gasteiger partial charge on any atom is -0.454 e. The molecule has 24 heavy (non-hydrogen) atoms. The molecule has 3 nitrogen and oxygen atoms in total. The average Bonchev–Trinajstić information content (AvgIpc) is 3.10. The Morgan fingerprint density at radius 2 is 1.62 bits per heavy atom. The molecule has 1 heterocycles. The van der Waals surface area contributed by atoms with Crippen molar-refractivity contribution in [2.75, 3.05) is 6.79 Å². The van der Waals surface area contributed by atoms with E-state index < -0.39 is 0 Å². The molecular weight excluding hydrogens is 298 g/mol. The summed E-state index contributed by atoms with van der Waals surface area (Å²) in [7, 11) is 0. The van der Waals surface area contributed by atoms with E-state index in [9.17, 15) is 0 Å². The molecule has 3 aromatic carbocycles. The van der Waals surface area contributed by atoms with Gasteiger partial charge in [0.15, 0.2) is 11.5 Å². The molecule has 1 aliphatic heterocycles. The first-order chi connectivity index (χ1) is 11.9. The van der Waals surface area contributed by atoms with Gasteiger partial charge in [0.2, 0.25) is 6.79 Å². The molecule has 0 saturated carbocycles. The smallest absolute Gasteiger partial charge is 0.231 e. The molecule has 0 aromatic heterocycles. The van der Waals surface area contributed by atoms with Gasteiger partial charge in [0, 0.05) is 6.21 Å². The molecule has 3 heteroatoms. The fraction of sp³-hybridized carbons (Fsp3) is 0.0952. The number of hydrogen-bond donors (Lipinski definition) is 0. The molecule has 0 aliphatic carbocycles. The van der Waals surface area contributed by atoms with Crippen LogP contribution < -0.4 is 9.47 Å². The first kappa shape index (κ1) is 14.5. The average molecular weight is 315 g/mol. The van der Waals surface area contributed by atoms with Gasteiger partial charge in [-0.05, 0) is 47.4 Å². The molecule has 0 amide bonds. The topological polar surface area (TPSA) is 30.8 Å². The third-order valence-corrected chi connectivity index (χ3v) is 3.98. The summed E-state index contributed by atoms with van der Waals surface area (Å²) in [4.78, 5) is 4.68. The molecule has 0 bridgehead atoms. The van der Waals surface area contributed by atoms with E-state index in [0.717, 1.165) is 29.2 Å². The Morgan fingerprint density at radius 1 is 0.833 bits per heavy atom. The summed E-state index contributed by atoms with van der Waals surface area (Å²) < 4.78 is 10.7. The predicted octanol–water partition coefficient (Wildman–Crippen LogP) is 4.76. The quantitative estimate of drug-likeness (QED) is 0.650. The molecule has 0 N–H and O–H groups in total. The highest BCUT2D eigenvalue weighted by Gasteiger charge is 2.12. The molecule has 118 valence electrons. The lowest BCUT2D eigenvalue weighted by atomic mass is 10.0. The van der Waals surface area contributed by atoms with Crippen LogP contribution in [0.1, 0.15) is 16.7 Å². The highest BCUT2D eigenvalue weighted by atomic mass is 16.7. The maximum atomic E-state index is 5.41. The molecule has 0 fully saturated rings. The lowest BCUT2D eigenvalue weighted by Crippen LogP contribution is -1.92. The van der Waals surface area contributed by atoms with Crippen LogP contribution in [-0.2, 0) is 6.42 Å². The van der Waals surface area contributed by atoms with Gasteiger partial charge in [-0.3, -0.25) is 4.99 Å². The van der Waals surface area contributed by atoms with E-state index in [1.807, 2.05) is 42.6 Å². The van der Waals surface area contributed by atoms with Crippen molar-refractivity contribution < 1.29 is 9.47 Å². The maximum Gasteiger partial charge on any atom is 0.231 e. The van der Waals surface area contributed by atoms with E-state index in [1.165, 1.54) is 11.1 Å². The summed E-state index contributed by atoms with van der Waals surface area (Å²) in [5, 5.41) is 0. The molecule has 0 unspecified atom stereocenters. The standard InChI is InChI=1S/C21H17NO2/c1-2-6-16(7-3-1)12-18-8-4-5-9-19(18)22-14-17-10-11-20-21(13-17)24-15-23-20/h1-11,13-14H,12,15H2. The third-order valence-electron chi connectivity index (χ3n) is 3.98. The van der Waals surface area contributed by atoms with Crippen LogP contribution in [0.3, 0.4) is 0 Å². The molecule has 0 spiro atoms. The van der Waals surface area contributed by atoms with Gasteiger partial charge in [-0.25, -0.2) is 0 Å². The van der Waals surface area contributed by atoms with Gasteiger partial charge in [0.1, 0.15) is 0 Å². The van der Waals surface area contributed by atoms with Crippen molar-refractivity contribution >= 4 is 11.9 Å². The first-order valence-electron chi connectivity index (χ1n) is 7.94. The van der Waals surface area contributed by atoms with Crippen molar-refractivity contribution in [3.05, 3.63) is 89.5 Å². The Morgan fingerprint density at radius 3 is 2.54 bits per heavy atom. The van der Waals surface area contributed by atoms with Gasteiger partial charge in [-0.2, -0.15) is 0 Å². The Bertz CT molecular complexity index is 872. The van der Waals surface area contributed by atoms with Crippen LogP contribution in [0.4, 0.5) is 5.69 Å². The fourth-order valence-electron chi connectivity index (χ4n) is 2.74. The lowest BCUT2D eigenvalue weighted by molar-refractivity contribution is 0.174. The van der Waals surface area contributed by atoms with Crippen LogP contribution in [-0.4, -0.2) is 13.0 Å². The Balaban J connectivity index is 1.58. The molecule has 0 atom stereocenters. The van der Waals surface area contributed by atoms with Crippen molar-refractivity contribution in [3.63, 3.8) is 0 Å². The largest absolute Gasteiger partial charge is 0.454 e. The minimum absolute atomic E-state index is 0.288. The summed E-state index contributed by atoms with van der Waals surface area (Å²) in [6, 6.07) is 24.5. The van der Waals surface area contributed by atoms with Crippen LogP contribution in [0.5, 0.6) is 11.5 Å². The fourth-order valence-corrected chi connectivity index (χ4v) is 2.74. The molecule has 3 aromatic rings. The normalized spacial score (nSPS) is 12.7.